The quantitative estimate of drug-likeness (QED) is 0.256. The van der Waals surface area contributed by atoms with Crippen molar-refractivity contribution in [2.24, 2.45) is 11.8 Å². The number of ether oxygens (including phenoxy) is 2. The highest BCUT2D eigenvalue weighted by molar-refractivity contribution is 7.93. The molecule has 41 heavy (non-hydrogen) atoms. The average molecular weight is 664 g/mol. The Bertz CT molecular complexity index is 1520. The summed E-state index contributed by atoms with van der Waals surface area (Å²) < 4.78 is 54.6. The maximum Gasteiger partial charge on any atom is 0.269 e. The highest BCUT2D eigenvalue weighted by Gasteiger charge is 2.66. The summed E-state index contributed by atoms with van der Waals surface area (Å²) in [6.45, 7) is -0.159. The summed E-state index contributed by atoms with van der Waals surface area (Å²) >= 11 is 20.7. The second-order valence-corrected chi connectivity index (χ2v) is 15.0. The molecule has 2 saturated carbocycles. The normalized spacial score (nSPS) is 23.1. The van der Waals surface area contributed by atoms with Crippen molar-refractivity contribution < 1.29 is 22.3 Å². The van der Waals surface area contributed by atoms with Crippen molar-refractivity contribution in [3.63, 3.8) is 0 Å². The molecule has 1 N–H and O–H groups in total. The number of nitrogens with zero attached hydrogens (tertiary/aromatic N) is 3. The number of aromatic nitrogens is 1. The van der Waals surface area contributed by atoms with Gasteiger partial charge < -0.3 is 19.7 Å². The fourth-order valence-corrected chi connectivity index (χ4v) is 9.04. The van der Waals surface area contributed by atoms with Gasteiger partial charge in [-0.2, -0.15) is 0 Å². The van der Waals surface area contributed by atoms with Crippen LogP contribution in [0.1, 0.15) is 18.4 Å². The third kappa shape index (κ3) is 5.81. The van der Waals surface area contributed by atoms with E-state index >= 15 is 4.39 Å². The Kier molecular flexibility index (Phi) is 8.59. The van der Waals surface area contributed by atoms with Crippen molar-refractivity contribution in [2.45, 2.75) is 40.7 Å². The fourth-order valence-electron chi connectivity index (χ4n) is 5.57. The van der Waals surface area contributed by atoms with Crippen LogP contribution in [-0.2, 0) is 16.6 Å². The van der Waals surface area contributed by atoms with E-state index in [1.54, 1.807) is 23.6 Å². The highest BCUT2D eigenvalue weighted by Crippen LogP contribution is 2.65. The highest BCUT2D eigenvalue weighted by atomic mass is 35.5. The summed E-state index contributed by atoms with van der Waals surface area (Å²) in [5, 5.41) is 5.23. The van der Waals surface area contributed by atoms with Crippen molar-refractivity contribution >= 4 is 67.0 Å². The molecule has 0 saturated heterocycles. The van der Waals surface area contributed by atoms with Crippen molar-refractivity contribution in [2.75, 3.05) is 37.9 Å². The molecule has 5 rings (SSSR count). The van der Waals surface area contributed by atoms with Gasteiger partial charge in [0.1, 0.15) is 26.5 Å². The van der Waals surface area contributed by atoms with Crippen LogP contribution in [0.5, 0.6) is 11.5 Å². The zero-order chi connectivity index (χ0) is 29.7. The summed E-state index contributed by atoms with van der Waals surface area (Å²) in [7, 11) is 2.49. The molecule has 3 aromatic rings. The van der Waals surface area contributed by atoms with Gasteiger partial charge in [0.15, 0.2) is 5.13 Å². The number of methoxy groups -OCH3 is 2. The standard InChI is InChI=1S/C27H30Cl3FN4O4S2/c1-34(2)23-11-18-17(27(18,29)30)10-22(23)33-21-13-20(31)25(12-19(21)28)41(36,37)35(26-32-7-8-40-26)14-15-5-6-16(38-3)9-24(15)39-4/h5-9,12-13,17-18,22-23,33H,10-11,14H2,1-4H3/t17-,18+,22+,23+/m0/s1. The van der Waals surface area contributed by atoms with Crippen LogP contribution in [0.4, 0.5) is 15.2 Å². The van der Waals surface area contributed by atoms with E-state index in [2.05, 4.69) is 15.2 Å². The monoisotopic (exact) mass is 662 g/mol. The van der Waals surface area contributed by atoms with Gasteiger partial charge in [0.2, 0.25) is 0 Å². The number of rotatable bonds is 10. The third-order valence-corrected chi connectivity index (χ3v) is 12.0. The van der Waals surface area contributed by atoms with E-state index < -0.39 is 25.1 Å². The van der Waals surface area contributed by atoms with Gasteiger partial charge in [-0.05, 0) is 63.0 Å². The molecule has 1 aromatic heterocycles. The summed E-state index contributed by atoms with van der Waals surface area (Å²) in [6.07, 6.45) is 2.95. The van der Waals surface area contributed by atoms with Crippen LogP contribution < -0.4 is 19.1 Å². The molecular weight excluding hydrogens is 634 g/mol. The molecule has 4 atom stereocenters. The number of nitrogens with one attached hydrogen (secondary N) is 1. The number of halogens is 4. The van der Waals surface area contributed by atoms with Gasteiger partial charge in [-0.3, -0.25) is 0 Å². The first-order valence-corrected chi connectivity index (χ1v) is 16.3. The molecule has 0 aliphatic heterocycles. The topological polar surface area (TPSA) is 84.0 Å². The van der Waals surface area contributed by atoms with E-state index in [1.807, 2.05) is 14.1 Å². The van der Waals surface area contributed by atoms with Gasteiger partial charge in [-0.1, -0.05) is 11.6 Å². The number of anilines is 2. The lowest BCUT2D eigenvalue weighted by Crippen LogP contribution is -2.46. The number of likely N-dealkylation sites (N-methyl/N-ethyl adjacent to an activating group) is 1. The minimum atomic E-state index is -4.44. The predicted molar refractivity (Wildman–Crippen MR) is 162 cm³/mol. The van der Waals surface area contributed by atoms with Gasteiger partial charge in [-0.15, -0.1) is 34.5 Å². The van der Waals surface area contributed by atoms with Crippen LogP contribution in [0, 0.1) is 17.7 Å². The van der Waals surface area contributed by atoms with Crippen molar-refractivity contribution in [1.29, 1.82) is 0 Å². The van der Waals surface area contributed by atoms with Crippen LogP contribution >= 0.6 is 46.1 Å². The smallest absolute Gasteiger partial charge is 0.269 e. The van der Waals surface area contributed by atoms with Gasteiger partial charge in [-0.25, -0.2) is 22.1 Å². The summed E-state index contributed by atoms with van der Waals surface area (Å²) in [5.74, 6) is 0.356. The first kappa shape index (κ1) is 30.4. The summed E-state index contributed by atoms with van der Waals surface area (Å²) in [4.78, 5) is 5.71. The Hall–Kier alpha value is -2.02. The number of hydrogen-bond donors (Lipinski definition) is 1. The Morgan fingerprint density at radius 1 is 1.15 bits per heavy atom. The molecular formula is C27H30Cl3FN4O4S2. The maximum absolute atomic E-state index is 15.7. The van der Waals surface area contributed by atoms with Crippen LogP contribution in [0.15, 0.2) is 46.8 Å². The fraction of sp³-hybridized carbons (Fsp3) is 0.444. The second kappa shape index (κ2) is 11.6. The molecule has 14 heteroatoms. The summed E-state index contributed by atoms with van der Waals surface area (Å²) in [6, 6.07) is 7.27. The first-order valence-electron chi connectivity index (χ1n) is 12.8. The van der Waals surface area contributed by atoms with E-state index in [9.17, 15) is 8.42 Å². The molecule has 1 heterocycles. The molecule has 2 fully saturated rings. The van der Waals surface area contributed by atoms with Gasteiger partial charge in [0.25, 0.3) is 10.0 Å². The van der Waals surface area contributed by atoms with E-state index in [0.29, 0.717) is 29.2 Å². The van der Waals surface area contributed by atoms with Crippen LogP contribution in [0.25, 0.3) is 0 Å². The lowest BCUT2D eigenvalue weighted by molar-refractivity contribution is 0.204. The Morgan fingerprint density at radius 2 is 1.88 bits per heavy atom. The Morgan fingerprint density at radius 3 is 2.51 bits per heavy atom. The van der Waals surface area contributed by atoms with Crippen LogP contribution in [-0.4, -0.2) is 63.0 Å². The third-order valence-electron chi connectivity index (χ3n) is 7.87. The molecule has 0 unspecified atom stereocenters. The zero-order valence-electron chi connectivity index (χ0n) is 22.8. The zero-order valence-corrected chi connectivity index (χ0v) is 26.7. The maximum atomic E-state index is 15.7. The van der Waals surface area contributed by atoms with Crippen molar-refractivity contribution in [3.05, 3.63) is 58.3 Å². The number of benzene rings is 2. The second-order valence-electron chi connectivity index (χ2n) is 10.4. The minimum Gasteiger partial charge on any atom is -0.497 e. The molecule has 0 radical (unpaired) electrons. The number of sulfonamides is 1. The van der Waals surface area contributed by atoms with Gasteiger partial charge in [0, 0.05) is 35.3 Å². The van der Waals surface area contributed by atoms with Crippen molar-refractivity contribution in [1.82, 2.24) is 9.88 Å². The number of thiazole rings is 1. The summed E-state index contributed by atoms with van der Waals surface area (Å²) in [5.41, 5.74) is 0.836. The number of hydrogen-bond acceptors (Lipinski definition) is 8. The van der Waals surface area contributed by atoms with E-state index in [1.165, 1.54) is 20.4 Å². The van der Waals surface area contributed by atoms with Gasteiger partial charge in [0.05, 0.1) is 31.5 Å². The molecule has 0 bridgehead atoms. The van der Waals surface area contributed by atoms with E-state index in [-0.39, 0.29) is 40.6 Å². The average Bonchev–Trinajstić information content (AvgIpc) is 3.24. The number of alkyl halides is 2. The van der Waals surface area contributed by atoms with E-state index in [0.717, 1.165) is 34.2 Å². The van der Waals surface area contributed by atoms with Crippen LogP contribution in [0.3, 0.4) is 0 Å². The largest absolute Gasteiger partial charge is 0.497 e. The Labute approximate surface area is 258 Å². The lowest BCUT2D eigenvalue weighted by Gasteiger charge is -2.36. The molecule has 8 nitrogen and oxygen atoms in total. The lowest BCUT2D eigenvalue weighted by atomic mass is 9.89. The molecule has 222 valence electrons. The first-order chi connectivity index (χ1) is 19.4. The molecule has 2 aliphatic carbocycles. The van der Waals surface area contributed by atoms with Crippen molar-refractivity contribution in [3.8, 4) is 11.5 Å². The number of fused-ring (bicyclic) bond motifs is 1. The Balaban J connectivity index is 1.46. The van der Waals surface area contributed by atoms with Gasteiger partial charge >= 0.3 is 0 Å². The minimum absolute atomic E-state index is 0.0736. The van der Waals surface area contributed by atoms with Crippen LogP contribution in [0.2, 0.25) is 5.02 Å². The SMILES string of the molecule is COc1ccc(CN(c2nccs2)S(=O)(=O)c2cc(Cl)c(N[C@@H]3C[C@H]4[C@@H](C[C@H]3N(C)C)C4(Cl)Cl)cc2F)c(OC)c1. The molecule has 2 aromatic carbocycles. The molecule has 0 amide bonds. The molecule has 2 aliphatic rings. The molecule has 0 spiro atoms. The predicted octanol–water partition coefficient (Wildman–Crippen LogP) is 6.27. The van der Waals surface area contributed by atoms with E-state index in [4.69, 9.17) is 44.3 Å².